The molecule has 0 heterocycles. The van der Waals surface area contributed by atoms with Crippen molar-refractivity contribution in [2.75, 3.05) is 14.1 Å². The second-order valence-corrected chi connectivity index (χ2v) is 1.25. The highest BCUT2D eigenvalue weighted by atomic mass is 16.7. The van der Waals surface area contributed by atoms with Crippen LogP contribution < -0.4 is 5.32 Å². The molecule has 0 unspecified atom stereocenters. The summed E-state index contributed by atoms with van der Waals surface area (Å²) in [5, 5.41) is 3.04. The second kappa shape index (κ2) is 3.71. The van der Waals surface area contributed by atoms with Crippen molar-refractivity contribution in [1.82, 2.24) is 10.4 Å². The molecule has 0 atom stereocenters. The molecule has 52 valence electrons. The first-order chi connectivity index (χ1) is 4.22. The van der Waals surface area contributed by atoms with E-state index < -0.39 is 6.03 Å². The third-order valence-electron chi connectivity index (χ3n) is 0.701. The zero-order valence-corrected chi connectivity index (χ0v) is 5.25. The van der Waals surface area contributed by atoms with E-state index in [0.29, 0.717) is 0 Å². The molecular weight excluding hydrogens is 124 g/mol. The zero-order valence-electron chi connectivity index (χ0n) is 5.25. The van der Waals surface area contributed by atoms with Crippen LogP contribution >= 0.6 is 0 Å². The number of rotatable bonds is 2. The van der Waals surface area contributed by atoms with Gasteiger partial charge in [0, 0.05) is 7.05 Å². The van der Waals surface area contributed by atoms with Gasteiger partial charge in [-0.05, 0) is 0 Å². The van der Waals surface area contributed by atoms with E-state index in [1.165, 1.54) is 14.1 Å². The molecule has 0 rings (SSSR count). The molecule has 0 aliphatic heterocycles. The van der Waals surface area contributed by atoms with Crippen molar-refractivity contribution in [3.8, 4) is 0 Å². The van der Waals surface area contributed by atoms with Crippen LogP contribution in [0.15, 0.2) is 0 Å². The zero-order chi connectivity index (χ0) is 7.28. The average Bonchev–Trinajstić information content (AvgIpc) is 1.87. The van der Waals surface area contributed by atoms with Crippen molar-refractivity contribution in [3.63, 3.8) is 0 Å². The quantitative estimate of drug-likeness (QED) is 0.401. The van der Waals surface area contributed by atoms with Gasteiger partial charge in [-0.15, -0.1) is 0 Å². The molecule has 9 heavy (non-hydrogen) atoms. The highest BCUT2D eigenvalue weighted by Crippen LogP contribution is 1.79. The van der Waals surface area contributed by atoms with E-state index >= 15 is 0 Å². The summed E-state index contributed by atoms with van der Waals surface area (Å²) in [5.74, 6) is 0. The number of nitrogens with zero attached hydrogens (tertiary/aromatic N) is 1. The van der Waals surface area contributed by atoms with Gasteiger partial charge in [0.15, 0.2) is 0 Å². The number of nitrogens with one attached hydrogen (secondary N) is 1. The summed E-state index contributed by atoms with van der Waals surface area (Å²) in [4.78, 5) is 24.2. The van der Waals surface area contributed by atoms with Crippen molar-refractivity contribution < 1.29 is 14.4 Å². The number of carbonyl (C=O) groups is 2. The van der Waals surface area contributed by atoms with Gasteiger partial charge >= 0.3 is 12.5 Å². The minimum absolute atomic E-state index is 0.176. The number of hydrogen-bond donors (Lipinski definition) is 1. The lowest BCUT2D eigenvalue weighted by Gasteiger charge is -2.10. The van der Waals surface area contributed by atoms with Crippen LogP contribution in [0.2, 0.25) is 0 Å². The van der Waals surface area contributed by atoms with Crippen LogP contribution in [0.1, 0.15) is 0 Å². The highest BCUT2D eigenvalue weighted by molar-refractivity contribution is 5.72. The maximum Gasteiger partial charge on any atom is 0.350 e. The Kier molecular flexibility index (Phi) is 3.19. The fourth-order valence-corrected chi connectivity index (χ4v) is 0.270. The third-order valence-corrected chi connectivity index (χ3v) is 0.701. The number of hydrogen-bond acceptors (Lipinski definition) is 3. The van der Waals surface area contributed by atoms with Crippen LogP contribution in [0.3, 0.4) is 0 Å². The maximum atomic E-state index is 10.4. The lowest BCUT2D eigenvalue weighted by Crippen LogP contribution is -2.34. The van der Waals surface area contributed by atoms with Crippen molar-refractivity contribution in [1.29, 1.82) is 0 Å². The van der Waals surface area contributed by atoms with E-state index in [1.807, 2.05) is 0 Å². The van der Waals surface area contributed by atoms with Gasteiger partial charge in [-0.3, -0.25) is 4.79 Å². The molecule has 0 bridgehead atoms. The maximum absolute atomic E-state index is 10.4. The fourth-order valence-electron chi connectivity index (χ4n) is 0.270. The van der Waals surface area contributed by atoms with E-state index in [4.69, 9.17) is 0 Å². The Balaban J connectivity index is 3.58. The Morgan fingerprint density at radius 2 is 2.33 bits per heavy atom. The van der Waals surface area contributed by atoms with Gasteiger partial charge in [-0.2, -0.15) is 5.06 Å². The Morgan fingerprint density at radius 1 is 1.78 bits per heavy atom. The standard InChI is InChI=1S/C4H8N2O3/c1-5-4(8)6(2)9-3-7/h3H,1-2H3,(H,5,8). The first kappa shape index (κ1) is 7.74. The highest BCUT2D eigenvalue weighted by Gasteiger charge is 2.03. The van der Waals surface area contributed by atoms with E-state index in [-0.39, 0.29) is 6.47 Å². The average molecular weight is 132 g/mol. The van der Waals surface area contributed by atoms with Gasteiger partial charge in [0.25, 0.3) is 0 Å². The Bertz CT molecular complexity index is 114. The minimum Gasteiger partial charge on any atom is -0.340 e. The largest absolute Gasteiger partial charge is 0.350 e. The molecule has 0 aliphatic carbocycles. The summed E-state index contributed by atoms with van der Waals surface area (Å²) in [7, 11) is 2.76. The van der Waals surface area contributed by atoms with Gasteiger partial charge in [0.05, 0.1) is 7.05 Å². The smallest absolute Gasteiger partial charge is 0.340 e. The monoisotopic (exact) mass is 132 g/mol. The Morgan fingerprint density at radius 3 is 2.67 bits per heavy atom. The first-order valence-corrected chi connectivity index (χ1v) is 2.28. The Labute approximate surface area is 52.5 Å². The van der Waals surface area contributed by atoms with Crippen molar-refractivity contribution in [3.05, 3.63) is 0 Å². The van der Waals surface area contributed by atoms with Gasteiger partial charge in [-0.1, -0.05) is 0 Å². The van der Waals surface area contributed by atoms with E-state index in [2.05, 4.69) is 10.2 Å². The third kappa shape index (κ3) is 2.53. The summed E-state index contributed by atoms with van der Waals surface area (Å²) < 4.78 is 0. The van der Waals surface area contributed by atoms with Gasteiger partial charge in [-0.25, -0.2) is 4.79 Å². The molecular formula is C4H8N2O3. The molecule has 0 saturated heterocycles. The number of urea groups is 1. The van der Waals surface area contributed by atoms with E-state index in [0.717, 1.165) is 5.06 Å². The first-order valence-electron chi connectivity index (χ1n) is 2.28. The summed E-state index contributed by atoms with van der Waals surface area (Å²) in [5.41, 5.74) is 0. The fraction of sp³-hybridized carbons (Fsp3) is 0.500. The van der Waals surface area contributed by atoms with E-state index in [1.54, 1.807) is 0 Å². The summed E-state index contributed by atoms with van der Waals surface area (Å²) >= 11 is 0. The molecule has 0 spiro atoms. The lowest BCUT2D eigenvalue weighted by molar-refractivity contribution is -0.155. The lowest BCUT2D eigenvalue weighted by atomic mass is 10.9. The second-order valence-electron chi connectivity index (χ2n) is 1.25. The molecule has 5 heteroatoms. The normalized spacial score (nSPS) is 7.78. The molecule has 0 aromatic heterocycles. The SMILES string of the molecule is CNC(=O)N(C)OC=O. The van der Waals surface area contributed by atoms with Crippen LogP contribution in [-0.4, -0.2) is 31.7 Å². The molecule has 0 aromatic rings. The molecule has 2 amide bonds. The molecule has 1 N–H and O–H groups in total. The topological polar surface area (TPSA) is 58.6 Å². The van der Waals surface area contributed by atoms with Crippen molar-refractivity contribution in [2.24, 2.45) is 0 Å². The number of carbonyl (C=O) groups excluding carboxylic acids is 2. The number of hydroxylamine groups is 2. The Hall–Kier alpha value is -1.26. The van der Waals surface area contributed by atoms with Crippen molar-refractivity contribution >= 4 is 12.5 Å². The van der Waals surface area contributed by atoms with Crippen LogP contribution in [0.25, 0.3) is 0 Å². The van der Waals surface area contributed by atoms with Crippen LogP contribution in [-0.2, 0) is 9.63 Å². The molecule has 0 aromatic carbocycles. The van der Waals surface area contributed by atoms with Crippen LogP contribution in [0.5, 0.6) is 0 Å². The van der Waals surface area contributed by atoms with Crippen LogP contribution in [0.4, 0.5) is 4.79 Å². The molecule has 0 fully saturated rings. The van der Waals surface area contributed by atoms with E-state index in [9.17, 15) is 9.59 Å². The molecule has 5 nitrogen and oxygen atoms in total. The molecule has 0 aliphatic rings. The predicted molar refractivity (Wildman–Crippen MR) is 29.4 cm³/mol. The minimum atomic E-state index is -0.470. The molecule has 0 saturated carbocycles. The molecule has 0 radical (unpaired) electrons. The number of amides is 2. The predicted octanol–water partition coefficient (Wildman–Crippen LogP) is -0.654. The van der Waals surface area contributed by atoms with Gasteiger partial charge in [0.2, 0.25) is 0 Å². The van der Waals surface area contributed by atoms with Crippen LogP contribution in [0, 0.1) is 0 Å². The summed E-state index contributed by atoms with van der Waals surface area (Å²) in [6.45, 7) is 0.176. The van der Waals surface area contributed by atoms with Gasteiger partial charge in [0.1, 0.15) is 0 Å². The summed E-state index contributed by atoms with van der Waals surface area (Å²) in [6.07, 6.45) is 0. The van der Waals surface area contributed by atoms with Crippen molar-refractivity contribution in [2.45, 2.75) is 0 Å². The summed E-state index contributed by atoms with van der Waals surface area (Å²) in [6, 6.07) is -0.470. The van der Waals surface area contributed by atoms with Gasteiger partial charge < -0.3 is 10.2 Å².